The first kappa shape index (κ1) is 12.9. The SMILES string of the molecule is COc1ccccc1C(=O)C[Se]c1ccccc1. The van der Waals surface area contributed by atoms with Crippen molar-refractivity contribution >= 4 is 25.2 Å². The fourth-order valence-corrected chi connectivity index (χ4v) is 3.30. The molecule has 2 aromatic carbocycles. The van der Waals surface area contributed by atoms with E-state index in [2.05, 4.69) is 12.1 Å². The molecule has 0 saturated heterocycles. The molecule has 2 aromatic rings. The zero-order valence-electron chi connectivity index (χ0n) is 10.1. The van der Waals surface area contributed by atoms with E-state index in [4.69, 9.17) is 4.74 Å². The van der Waals surface area contributed by atoms with Gasteiger partial charge in [0.05, 0.1) is 0 Å². The van der Waals surface area contributed by atoms with Crippen LogP contribution in [0.4, 0.5) is 0 Å². The van der Waals surface area contributed by atoms with Crippen LogP contribution in [0.3, 0.4) is 0 Å². The third-order valence-electron chi connectivity index (χ3n) is 2.52. The molecule has 0 bridgehead atoms. The van der Waals surface area contributed by atoms with Crippen LogP contribution in [0.5, 0.6) is 5.75 Å². The van der Waals surface area contributed by atoms with E-state index in [0.29, 0.717) is 16.6 Å². The van der Waals surface area contributed by atoms with Crippen molar-refractivity contribution < 1.29 is 9.53 Å². The number of benzene rings is 2. The van der Waals surface area contributed by atoms with Crippen LogP contribution in [0, 0.1) is 0 Å². The molecule has 0 fully saturated rings. The number of ketones is 1. The molecule has 92 valence electrons. The van der Waals surface area contributed by atoms with Gasteiger partial charge < -0.3 is 0 Å². The molecular weight excluding hydrogens is 291 g/mol. The van der Waals surface area contributed by atoms with Crippen molar-refractivity contribution in [3.63, 3.8) is 0 Å². The van der Waals surface area contributed by atoms with Crippen molar-refractivity contribution in [2.75, 3.05) is 7.11 Å². The van der Waals surface area contributed by atoms with Gasteiger partial charge in [0.15, 0.2) is 0 Å². The van der Waals surface area contributed by atoms with Crippen LogP contribution in [0.1, 0.15) is 10.4 Å². The summed E-state index contributed by atoms with van der Waals surface area (Å²) in [6, 6.07) is 17.5. The Morgan fingerprint density at radius 1 is 1.06 bits per heavy atom. The second-order valence-corrected chi connectivity index (χ2v) is 5.93. The summed E-state index contributed by atoms with van der Waals surface area (Å²) in [7, 11) is 1.59. The summed E-state index contributed by atoms with van der Waals surface area (Å²) >= 11 is 0.180. The minimum absolute atomic E-state index is 0.149. The average molecular weight is 305 g/mol. The molecule has 0 saturated carbocycles. The molecule has 0 N–H and O–H groups in total. The van der Waals surface area contributed by atoms with Gasteiger partial charge in [0, 0.05) is 0 Å². The zero-order valence-corrected chi connectivity index (χ0v) is 11.8. The Labute approximate surface area is 113 Å². The van der Waals surface area contributed by atoms with E-state index in [1.165, 1.54) is 4.46 Å². The first-order valence-electron chi connectivity index (χ1n) is 5.65. The van der Waals surface area contributed by atoms with Crippen LogP contribution in [0.15, 0.2) is 54.6 Å². The second-order valence-electron chi connectivity index (χ2n) is 3.73. The molecule has 2 rings (SSSR count). The van der Waals surface area contributed by atoms with Gasteiger partial charge in [-0.1, -0.05) is 0 Å². The number of methoxy groups -OCH3 is 1. The fourth-order valence-electron chi connectivity index (χ4n) is 1.62. The summed E-state index contributed by atoms with van der Waals surface area (Å²) in [6.45, 7) is 0. The number of hydrogen-bond donors (Lipinski definition) is 0. The normalized spacial score (nSPS) is 10.1. The van der Waals surface area contributed by atoms with Gasteiger partial charge in [-0.05, 0) is 0 Å². The van der Waals surface area contributed by atoms with Crippen LogP contribution < -0.4 is 9.20 Å². The molecule has 0 heterocycles. The van der Waals surface area contributed by atoms with Crippen molar-refractivity contribution in [1.82, 2.24) is 0 Å². The molecule has 3 heteroatoms. The summed E-state index contributed by atoms with van der Waals surface area (Å²) < 4.78 is 6.45. The molecule has 0 radical (unpaired) electrons. The summed E-state index contributed by atoms with van der Waals surface area (Å²) in [5.41, 5.74) is 0.679. The number of Topliss-reactive ketones (excluding diaryl/α,β-unsaturated/α-hetero) is 1. The van der Waals surface area contributed by atoms with Gasteiger partial charge in [0.2, 0.25) is 0 Å². The van der Waals surface area contributed by atoms with E-state index in [1.807, 2.05) is 42.5 Å². The van der Waals surface area contributed by atoms with Crippen LogP contribution in [0.2, 0.25) is 5.32 Å². The summed E-state index contributed by atoms with van der Waals surface area (Å²) in [5.74, 6) is 0.808. The van der Waals surface area contributed by atoms with Gasteiger partial charge in [-0.25, -0.2) is 0 Å². The average Bonchev–Trinajstić information content (AvgIpc) is 2.45. The third kappa shape index (κ3) is 3.22. The first-order valence-corrected chi connectivity index (χ1v) is 7.72. The van der Waals surface area contributed by atoms with E-state index in [0.717, 1.165) is 0 Å². The number of ether oxygens (including phenoxy) is 1. The molecule has 0 aliphatic heterocycles. The van der Waals surface area contributed by atoms with Crippen molar-refractivity contribution in [3.05, 3.63) is 60.2 Å². The van der Waals surface area contributed by atoms with Crippen LogP contribution in [-0.4, -0.2) is 27.8 Å². The quantitative estimate of drug-likeness (QED) is 0.626. The molecule has 2 nitrogen and oxygen atoms in total. The van der Waals surface area contributed by atoms with Gasteiger partial charge in [-0.2, -0.15) is 0 Å². The second kappa shape index (κ2) is 6.39. The Morgan fingerprint density at radius 3 is 2.44 bits per heavy atom. The predicted octanol–water partition coefficient (Wildman–Crippen LogP) is 2.33. The maximum atomic E-state index is 12.1. The van der Waals surface area contributed by atoms with Gasteiger partial charge >= 0.3 is 113 Å². The Balaban J connectivity index is 2.04. The minimum atomic E-state index is 0.149. The number of para-hydroxylation sites is 1. The van der Waals surface area contributed by atoms with Crippen molar-refractivity contribution in [3.8, 4) is 5.75 Å². The number of hydrogen-bond acceptors (Lipinski definition) is 2. The Kier molecular flexibility index (Phi) is 4.57. The van der Waals surface area contributed by atoms with Gasteiger partial charge in [-0.3, -0.25) is 0 Å². The monoisotopic (exact) mass is 306 g/mol. The third-order valence-corrected chi connectivity index (χ3v) is 4.64. The summed E-state index contributed by atoms with van der Waals surface area (Å²) in [4.78, 5) is 12.1. The molecule has 0 aromatic heterocycles. The van der Waals surface area contributed by atoms with Crippen molar-refractivity contribution in [1.29, 1.82) is 0 Å². The number of carbonyl (C=O) groups is 1. The van der Waals surface area contributed by atoms with Crippen molar-refractivity contribution in [2.45, 2.75) is 5.32 Å². The van der Waals surface area contributed by atoms with Crippen LogP contribution >= 0.6 is 0 Å². The summed E-state index contributed by atoms with van der Waals surface area (Å²) in [6.07, 6.45) is 0. The van der Waals surface area contributed by atoms with Crippen LogP contribution in [0.25, 0.3) is 0 Å². The Bertz CT molecular complexity index is 523. The number of rotatable bonds is 5. The molecule has 0 spiro atoms. The maximum absolute atomic E-state index is 12.1. The molecule has 18 heavy (non-hydrogen) atoms. The first-order chi connectivity index (χ1) is 8.81. The topological polar surface area (TPSA) is 26.3 Å². The molecular formula is C15H14O2Se. The molecule has 0 aliphatic carbocycles. The molecule has 0 amide bonds. The Morgan fingerprint density at radius 2 is 1.72 bits per heavy atom. The van der Waals surface area contributed by atoms with E-state index in [-0.39, 0.29) is 20.7 Å². The van der Waals surface area contributed by atoms with E-state index in [9.17, 15) is 4.79 Å². The Hall–Kier alpha value is -1.57. The van der Waals surface area contributed by atoms with Gasteiger partial charge in [-0.15, -0.1) is 0 Å². The fraction of sp³-hybridized carbons (Fsp3) is 0.133. The molecule has 0 aliphatic rings. The van der Waals surface area contributed by atoms with Gasteiger partial charge in [0.25, 0.3) is 0 Å². The zero-order chi connectivity index (χ0) is 12.8. The molecule has 0 atom stereocenters. The molecule has 0 unspecified atom stereocenters. The van der Waals surface area contributed by atoms with E-state index >= 15 is 0 Å². The van der Waals surface area contributed by atoms with E-state index in [1.54, 1.807) is 7.11 Å². The number of carbonyl (C=O) groups excluding carboxylic acids is 1. The predicted molar refractivity (Wildman–Crippen MR) is 74.0 cm³/mol. The van der Waals surface area contributed by atoms with Gasteiger partial charge in [0.1, 0.15) is 0 Å². The van der Waals surface area contributed by atoms with Crippen molar-refractivity contribution in [2.24, 2.45) is 0 Å². The summed E-state index contributed by atoms with van der Waals surface area (Å²) in [5, 5.41) is 0.567. The van der Waals surface area contributed by atoms with E-state index < -0.39 is 0 Å². The standard InChI is InChI=1S/C15H14O2Se/c1-17-15-10-6-5-9-13(15)14(16)11-18-12-7-3-2-4-8-12/h2-10H,11H2,1H3. The van der Waals surface area contributed by atoms with Crippen LogP contribution in [-0.2, 0) is 0 Å².